The van der Waals surface area contributed by atoms with Crippen molar-refractivity contribution in [1.29, 1.82) is 0 Å². The number of ether oxygens (including phenoxy) is 1. The van der Waals surface area contributed by atoms with E-state index in [1.807, 2.05) is 25.1 Å². The fourth-order valence-electron chi connectivity index (χ4n) is 2.88. The van der Waals surface area contributed by atoms with Gasteiger partial charge in [-0.1, -0.05) is 32.0 Å². The minimum atomic E-state index is -3.76. The summed E-state index contributed by atoms with van der Waals surface area (Å²) in [7, 11) is -3.76. The maximum absolute atomic E-state index is 12.5. The predicted molar refractivity (Wildman–Crippen MR) is 119 cm³/mol. The number of anilines is 1. The average Bonchev–Trinajstić information content (AvgIpc) is 3.25. The van der Waals surface area contributed by atoms with Crippen LogP contribution in [-0.4, -0.2) is 20.9 Å². The molecule has 8 heteroatoms. The Hall–Kier alpha value is -3.10. The van der Waals surface area contributed by atoms with Crippen LogP contribution in [0.3, 0.4) is 0 Å². The second kappa shape index (κ2) is 9.80. The molecule has 0 unspecified atom stereocenters. The summed E-state index contributed by atoms with van der Waals surface area (Å²) >= 11 is 0. The Bertz CT molecular complexity index is 1140. The highest BCUT2D eigenvalue weighted by Gasteiger charge is 2.16. The first kappa shape index (κ1) is 22.6. The second-order valence-corrected chi connectivity index (χ2v) is 9.22. The fraction of sp³-hybridized carbons (Fsp3) is 0.261. The Morgan fingerprint density at radius 1 is 1.10 bits per heavy atom. The number of sulfonamides is 1. The van der Waals surface area contributed by atoms with Crippen LogP contribution in [0.4, 0.5) is 5.69 Å². The first-order chi connectivity index (χ1) is 14.7. The normalized spacial score (nSPS) is 11.5. The lowest BCUT2D eigenvalue weighted by Gasteiger charge is -2.13. The quantitative estimate of drug-likeness (QED) is 0.517. The zero-order valence-electron chi connectivity index (χ0n) is 17.7. The summed E-state index contributed by atoms with van der Waals surface area (Å²) in [6.07, 6.45) is 1.47. The molecule has 0 bridgehead atoms. The summed E-state index contributed by atoms with van der Waals surface area (Å²) in [6.45, 7) is 5.95. The third-order valence-electron chi connectivity index (χ3n) is 4.68. The van der Waals surface area contributed by atoms with E-state index in [2.05, 4.69) is 23.9 Å². The molecule has 0 atom stereocenters. The molecule has 164 valence electrons. The maximum Gasteiger partial charge on any atom is 0.262 e. The Morgan fingerprint density at radius 2 is 1.90 bits per heavy atom. The molecule has 31 heavy (non-hydrogen) atoms. The molecule has 0 fully saturated rings. The molecule has 2 N–H and O–H groups in total. The number of carbonyl (C=O) groups excluding carboxylic acids is 1. The van der Waals surface area contributed by atoms with Gasteiger partial charge in [-0.15, -0.1) is 0 Å². The smallest absolute Gasteiger partial charge is 0.262 e. The van der Waals surface area contributed by atoms with Gasteiger partial charge in [0.2, 0.25) is 10.0 Å². The average molecular weight is 443 g/mol. The molecule has 0 saturated carbocycles. The van der Waals surface area contributed by atoms with Crippen molar-refractivity contribution in [3.63, 3.8) is 0 Å². The van der Waals surface area contributed by atoms with Crippen molar-refractivity contribution in [2.24, 2.45) is 0 Å². The molecule has 3 aromatic rings. The molecule has 1 aromatic heterocycles. The van der Waals surface area contributed by atoms with E-state index in [1.54, 1.807) is 24.3 Å². The maximum atomic E-state index is 12.5. The lowest BCUT2D eigenvalue weighted by atomic mass is 10.0. The molecule has 0 radical (unpaired) electrons. The Kier molecular flexibility index (Phi) is 7.14. The number of amides is 1. The largest absolute Gasteiger partial charge is 0.483 e. The molecule has 0 aliphatic heterocycles. The van der Waals surface area contributed by atoms with Crippen LogP contribution in [0, 0.1) is 6.92 Å². The molecule has 1 heterocycles. The highest BCUT2D eigenvalue weighted by molar-refractivity contribution is 7.89. The number of aryl methyl sites for hydroxylation is 1. The third kappa shape index (κ3) is 6.19. The molecule has 0 saturated heterocycles. The minimum absolute atomic E-state index is 0.0363. The molecule has 2 aromatic carbocycles. The van der Waals surface area contributed by atoms with Crippen molar-refractivity contribution in [1.82, 2.24) is 4.72 Å². The van der Waals surface area contributed by atoms with Crippen molar-refractivity contribution >= 4 is 21.6 Å². The van der Waals surface area contributed by atoms with Gasteiger partial charge in [-0.05, 0) is 60.4 Å². The van der Waals surface area contributed by atoms with E-state index in [-0.39, 0.29) is 24.0 Å². The Morgan fingerprint density at radius 3 is 2.61 bits per heavy atom. The summed E-state index contributed by atoms with van der Waals surface area (Å²) in [4.78, 5) is 12.4. The predicted octanol–water partition coefficient (Wildman–Crippen LogP) is 4.21. The molecule has 3 rings (SSSR count). The van der Waals surface area contributed by atoms with E-state index in [1.165, 1.54) is 18.4 Å². The second-order valence-electron chi connectivity index (χ2n) is 7.45. The number of furan rings is 1. The molecular formula is C23H26N2O5S. The van der Waals surface area contributed by atoms with Gasteiger partial charge in [0.25, 0.3) is 5.91 Å². The monoisotopic (exact) mass is 442 g/mol. The first-order valence-corrected chi connectivity index (χ1v) is 11.4. The van der Waals surface area contributed by atoms with Gasteiger partial charge < -0.3 is 14.5 Å². The van der Waals surface area contributed by atoms with Crippen LogP contribution in [0.2, 0.25) is 0 Å². The molecule has 0 aliphatic carbocycles. The van der Waals surface area contributed by atoms with Crippen LogP contribution in [0.1, 0.15) is 36.7 Å². The lowest BCUT2D eigenvalue weighted by molar-refractivity contribution is -0.118. The Labute approximate surface area is 182 Å². The fourth-order valence-corrected chi connectivity index (χ4v) is 3.91. The van der Waals surface area contributed by atoms with Crippen LogP contribution in [0.15, 0.2) is 70.2 Å². The molecule has 0 aliphatic rings. The van der Waals surface area contributed by atoms with Gasteiger partial charge in [0, 0.05) is 5.69 Å². The Balaban J connectivity index is 1.61. The van der Waals surface area contributed by atoms with Crippen molar-refractivity contribution in [2.75, 3.05) is 11.9 Å². The zero-order chi connectivity index (χ0) is 22.4. The van der Waals surface area contributed by atoms with E-state index >= 15 is 0 Å². The molecule has 0 spiro atoms. The lowest BCUT2D eigenvalue weighted by Crippen LogP contribution is -2.24. The van der Waals surface area contributed by atoms with Crippen LogP contribution >= 0.6 is 0 Å². The number of benzene rings is 2. The topological polar surface area (TPSA) is 97.6 Å². The highest BCUT2D eigenvalue weighted by Crippen LogP contribution is 2.24. The van der Waals surface area contributed by atoms with E-state index in [9.17, 15) is 13.2 Å². The number of nitrogens with one attached hydrogen (secondary N) is 2. The van der Waals surface area contributed by atoms with Crippen LogP contribution in [0.25, 0.3) is 0 Å². The van der Waals surface area contributed by atoms with Gasteiger partial charge in [0.15, 0.2) is 6.61 Å². The highest BCUT2D eigenvalue weighted by atomic mass is 32.2. The standard InChI is InChI=1S/C23H26N2O5S/c1-16(2)18-10-9-17(3)22(12-18)30-15-23(26)25-19-6-4-8-21(13-19)31(27,28)24-14-20-7-5-11-29-20/h4-13,16,24H,14-15H2,1-3H3,(H,25,26). The number of hydrogen-bond donors (Lipinski definition) is 2. The minimum Gasteiger partial charge on any atom is -0.483 e. The zero-order valence-corrected chi connectivity index (χ0v) is 18.5. The van der Waals surface area contributed by atoms with E-state index in [0.29, 0.717) is 23.1 Å². The molecule has 1 amide bonds. The van der Waals surface area contributed by atoms with Gasteiger partial charge >= 0.3 is 0 Å². The summed E-state index contributed by atoms with van der Waals surface area (Å²) < 4.78 is 38.3. The molecule has 7 nitrogen and oxygen atoms in total. The summed E-state index contributed by atoms with van der Waals surface area (Å²) in [5.41, 5.74) is 2.43. The van der Waals surface area contributed by atoms with Crippen LogP contribution in [0.5, 0.6) is 5.75 Å². The van der Waals surface area contributed by atoms with Crippen molar-refractivity contribution in [3.8, 4) is 5.75 Å². The number of hydrogen-bond acceptors (Lipinski definition) is 5. The van der Waals surface area contributed by atoms with Crippen LogP contribution in [-0.2, 0) is 21.4 Å². The van der Waals surface area contributed by atoms with Gasteiger partial charge in [-0.2, -0.15) is 0 Å². The summed E-state index contributed by atoms with van der Waals surface area (Å²) in [6, 6.07) is 15.3. The van der Waals surface area contributed by atoms with Crippen molar-refractivity contribution in [2.45, 2.75) is 38.1 Å². The van der Waals surface area contributed by atoms with Gasteiger partial charge in [0.05, 0.1) is 17.7 Å². The SMILES string of the molecule is Cc1ccc(C(C)C)cc1OCC(=O)Nc1cccc(S(=O)(=O)NCc2ccco2)c1. The van der Waals surface area contributed by atoms with E-state index in [0.717, 1.165) is 11.1 Å². The first-order valence-electron chi connectivity index (χ1n) is 9.90. The van der Waals surface area contributed by atoms with E-state index < -0.39 is 10.0 Å². The summed E-state index contributed by atoms with van der Waals surface area (Å²) in [5.74, 6) is 1.12. The summed E-state index contributed by atoms with van der Waals surface area (Å²) in [5, 5.41) is 2.68. The van der Waals surface area contributed by atoms with Gasteiger partial charge in [0.1, 0.15) is 11.5 Å². The van der Waals surface area contributed by atoms with Gasteiger partial charge in [-0.3, -0.25) is 4.79 Å². The third-order valence-corrected chi connectivity index (χ3v) is 6.08. The van der Waals surface area contributed by atoms with E-state index in [4.69, 9.17) is 9.15 Å². The van der Waals surface area contributed by atoms with Crippen LogP contribution < -0.4 is 14.8 Å². The number of carbonyl (C=O) groups is 1. The molecular weight excluding hydrogens is 416 g/mol. The van der Waals surface area contributed by atoms with Crippen molar-refractivity contribution < 1.29 is 22.4 Å². The van der Waals surface area contributed by atoms with Gasteiger partial charge in [-0.25, -0.2) is 13.1 Å². The number of rotatable bonds is 9. The van der Waals surface area contributed by atoms with Crippen molar-refractivity contribution in [3.05, 3.63) is 77.7 Å².